The number of hydrogen-bond donors (Lipinski definition) is 0. The van der Waals surface area contributed by atoms with Crippen molar-refractivity contribution in [3.8, 4) is 5.75 Å². The third-order valence-corrected chi connectivity index (χ3v) is 3.60. The van der Waals surface area contributed by atoms with Gasteiger partial charge in [0.15, 0.2) is 0 Å². The molecular weight excluding hydrogens is 283 g/mol. The second kappa shape index (κ2) is 7.13. The fraction of sp³-hybridized carbons (Fsp3) is 0.600. The van der Waals surface area contributed by atoms with Crippen LogP contribution in [0.5, 0.6) is 5.75 Å². The molecule has 0 bridgehead atoms. The van der Waals surface area contributed by atoms with Crippen molar-refractivity contribution in [1.82, 2.24) is 4.90 Å². The zero-order valence-corrected chi connectivity index (χ0v) is 12.0. The predicted molar refractivity (Wildman–Crippen MR) is 73.3 cm³/mol. The van der Waals surface area contributed by atoms with E-state index in [0.717, 1.165) is 11.3 Å². The monoisotopic (exact) mass is 303 g/mol. The van der Waals surface area contributed by atoms with E-state index < -0.39 is 12.7 Å². The highest BCUT2D eigenvalue weighted by molar-refractivity contribution is 5.32. The van der Waals surface area contributed by atoms with Crippen LogP contribution in [0.3, 0.4) is 0 Å². The molecule has 1 aliphatic rings. The van der Waals surface area contributed by atoms with E-state index in [4.69, 9.17) is 9.47 Å². The Morgan fingerprint density at radius 1 is 1.19 bits per heavy atom. The van der Waals surface area contributed by atoms with Crippen molar-refractivity contribution in [2.75, 3.05) is 26.7 Å². The normalized spacial score (nSPS) is 17.9. The quantitative estimate of drug-likeness (QED) is 0.833. The summed E-state index contributed by atoms with van der Waals surface area (Å²) in [6.45, 7) is 0.451. The number of piperidine rings is 1. The summed E-state index contributed by atoms with van der Waals surface area (Å²) < 4.78 is 48.0. The van der Waals surface area contributed by atoms with Crippen LogP contribution < -0.4 is 4.74 Å². The fourth-order valence-corrected chi connectivity index (χ4v) is 2.52. The van der Waals surface area contributed by atoms with Crippen LogP contribution in [0.4, 0.5) is 13.2 Å². The molecule has 1 aromatic carbocycles. The average molecular weight is 303 g/mol. The highest BCUT2D eigenvalue weighted by Gasteiger charge is 2.32. The Balaban J connectivity index is 1.76. The lowest BCUT2D eigenvalue weighted by atomic mass is 10.1. The van der Waals surface area contributed by atoms with E-state index >= 15 is 0 Å². The summed E-state index contributed by atoms with van der Waals surface area (Å²) in [7, 11) is 1.61. The first-order valence-electron chi connectivity index (χ1n) is 7.00. The van der Waals surface area contributed by atoms with Gasteiger partial charge in [0.05, 0.1) is 26.4 Å². The number of benzene rings is 1. The Labute approximate surface area is 122 Å². The molecule has 1 heterocycles. The molecule has 0 N–H and O–H groups in total. The topological polar surface area (TPSA) is 21.7 Å². The third kappa shape index (κ3) is 5.21. The smallest absolute Gasteiger partial charge is 0.401 e. The Morgan fingerprint density at radius 3 is 2.48 bits per heavy atom. The number of alkyl halides is 3. The van der Waals surface area contributed by atoms with Crippen LogP contribution in [-0.2, 0) is 11.3 Å². The van der Waals surface area contributed by atoms with Crippen LogP contribution in [0, 0.1) is 0 Å². The maximum atomic E-state index is 12.3. The Hall–Kier alpha value is -1.27. The number of likely N-dealkylation sites (tertiary alicyclic amines) is 1. The number of halogens is 3. The van der Waals surface area contributed by atoms with Crippen molar-refractivity contribution in [3.63, 3.8) is 0 Å². The zero-order valence-electron chi connectivity index (χ0n) is 12.0. The summed E-state index contributed by atoms with van der Waals surface area (Å²) >= 11 is 0. The van der Waals surface area contributed by atoms with E-state index in [-0.39, 0.29) is 6.10 Å². The minimum absolute atomic E-state index is 0.0133. The second-order valence-electron chi connectivity index (χ2n) is 5.21. The van der Waals surface area contributed by atoms with Crippen molar-refractivity contribution >= 4 is 0 Å². The fourth-order valence-electron chi connectivity index (χ4n) is 2.52. The van der Waals surface area contributed by atoms with Gasteiger partial charge >= 0.3 is 6.18 Å². The highest BCUT2D eigenvalue weighted by atomic mass is 19.4. The van der Waals surface area contributed by atoms with Crippen LogP contribution in [0.25, 0.3) is 0 Å². The summed E-state index contributed by atoms with van der Waals surface area (Å²) in [5.41, 5.74) is 0.956. The molecule has 1 saturated heterocycles. The molecule has 0 saturated carbocycles. The van der Waals surface area contributed by atoms with Crippen LogP contribution >= 0.6 is 0 Å². The molecule has 0 atom stereocenters. The van der Waals surface area contributed by atoms with Crippen molar-refractivity contribution < 1.29 is 22.6 Å². The minimum Gasteiger partial charge on any atom is -0.496 e. The molecule has 1 fully saturated rings. The number of hydrogen-bond acceptors (Lipinski definition) is 3. The van der Waals surface area contributed by atoms with E-state index in [1.54, 1.807) is 7.11 Å². The maximum absolute atomic E-state index is 12.3. The predicted octanol–water partition coefficient (Wildman–Crippen LogP) is 3.24. The van der Waals surface area contributed by atoms with Crippen molar-refractivity contribution in [2.24, 2.45) is 0 Å². The first-order valence-corrected chi connectivity index (χ1v) is 7.00. The molecule has 6 heteroatoms. The van der Waals surface area contributed by atoms with Gasteiger partial charge in [-0.15, -0.1) is 0 Å². The molecule has 0 spiro atoms. The zero-order chi connectivity index (χ0) is 15.3. The summed E-state index contributed by atoms with van der Waals surface area (Å²) in [5.74, 6) is 0.770. The molecule has 118 valence electrons. The SMILES string of the molecule is COc1ccccc1COC1CCN(CC(F)(F)F)CC1. The van der Waals surface area contributed by atoms with Gasteiger partial charge in [-0.25, -0.2) is 0 Å². The Kier molecular flexibility index (Phi) is 5.47. The van der Waals surface area contributed by atoms with Crippen LogP contribution in [-0.4, -0.2) is 43.9 Å². The largest absolute Gasteiger partial charge is 0.496 e. The van der Waals surface area contributed by atoms with Gasteiger partial charge in [0, 0.05) is 18.7 Å². The van der Waals surface area contributed by atoms with Gasteiger partial charge in [-0.2, -0.15) is 13.2 Å². The molecule has 2 rings (SSSR count). The highest BCUT2D eigenvalue weighted by Crippen LogP contribution is 2.23. The van der Waals surface area contributed by atoms with Gasteiger partial charge in [0.2, 0.25) is 0 Å². The lowest BCUT2D eigenvalue weighted by Gasteiger charge is -2.32. The third-order valence-electron chi connectivity index (χ3n) is 3.60. The van der Waals surface area contributed by atoms with Gasteiger partial charge in [-0.1, -0.05) is 18.2 Å². The number of ether oxygens (including phenoxy) is 2. The molecule has 0 unspecified atom stereocenters. The summed E-state index contributed by atoms with van der Waals surface area (Å²) in [5, 5.41) is 0. The first kappa shape index (κ1) is 16.1. The Morgan fingerprint density at radius 2 is 1.86 bits per heavy atom. The Bertz CT molecular complexity index is 443. The van der Waals surface area contributed by atoms with E-state index in [2.05, 4.69) is 0 Å². The number of methoxy groups -OCH3 is 1. The lowest BCUT2D eigenvalue weighted by Crippen LogP contribution is -2.42. The summed E-state index contributed by atoms with van der Waals surface area (Å²) in [6.07, 6.45) is -2.85. The number of nitrogens with zero attached hydrogens (tertiary/aromatic N) is 1. The molecule has 3 nitrogen and oxygen atoms in total. The lowest BCUT2D eigenvalue weighted by molar-refractivity contribution is -0.151. The standard InChI is InChI=1S/C15H20F3NO2/c1-20-14-5-3-2-4-12(14)10-21-13-6-8-19(9-7-13)11-15(16,17)18/h2-5,13H,6-11H2,1H3. The van der Waals surface area contributed by atoms with E-state index in [9.17, 15) is 13.2 Å². The van der Waals surface area contributed by atoms with Gasteiger partial charge < -0.3 is 9.47 Å². The summed E-state index contributed by atoms with van der Waals surface area (Å²) in [6, 6.07) is 7.59. The molecular formula is C15H20F3NO2. The second-order valence-corrected chi connectivity index (χ2v) is 5.21. The van der Waals surface area contributed by atoms with Crippen LogP contribution in [0.2, 0.25) is 0 Å². The molecule has 1 aromatic rings. The molecule has 0 aliphatic carbocycles. The van der Waals surface area contributed by atoms with Gasteiger partial charge in [-0.3, -0.25) is 4.90 Å². The molecule has 0 amide bonds. The minimum atomic E-state index is -4.12. The molecule has 21 heavy (non-hydrogen) atoms. The van der Waals surface area contributed by atoms with Crippen molar-refractivity contribution in [2.45, 2.75) is 31.7 Å². The average Bonchev–Trinajstić information content (AvgIpc) is 2.45. The molecule has 1 aliphatic heterocycles. The number of rotatable bonds is 5. The van der Waals surface area contributed by atoms with Crippen molar-refractivity contribution in [3.05, 3.63) is 29.8 Å². The molecule has 0 radical (unpaired) electrons. The molecule has 0 aromatic heterocycles. The van der Waals surface area contributed by atoms with Crippen molar-refractivity contribution in [1.29, 1.82) is 0 Å². The van der Waals surface area contributed by atoms with Crippen LogP contribution in [0.1, 0.15) is 18.4 Å². The van der Waals surface area contributed by atoms with E-state index in [0.29, 0.717) is 32.5 Å². The van der Waals surface area contributed by atoms with Gasteiger partial charge in [-0.05, 0) is 18.9 Å². The van der Waals surface area contributed by atoms with Crippen LogP contribution in [0.15, 0.2) is 24.3 Å². The first-order chi connectivity index (χ1) is 9.98. The number of para-hydroxylation sites is 1. The summed E-state index contributed by atoms with van der Waals surface area (Å²) in [4.78, 5) is 1.43. The van der Waals surface area contributed by atoms with E-state index in [1.165, 1.54) is 4.90 Å². The van der Waals surface area contributed by atoms with E-state index in [1.807, 2.05) is 24.3 Å². The van der Waals surface area contributed by atoms with Gasteiger partial charge in [0.25, 0.3) is 0 Å². The van der Waals surface area contributed by atoms with Gasteiger partial charge in [0.1, 0.15) is 5.75 Å². The maximum Gasteiger partial charge on any atom is 0.401 e.